The van der Waals surface area contributed by atoms with E-state index in [0.717, 1.165) is 43.8 Å². The lowest BCUT2D eigenvalue weighted by atomic mass is 9.64. The molecule has 0 aliphatic heterocycles. The highest BCUT2D eigenvalue weighted by atomic mass is 16.5. The van der Waals surface area contributed by atoms with Gasteiger partial charge >= 0.3 is 0 Å². The second-order valence-electron chi connectivity index (χ2n) is 6.46. The number of aromatic nitrogens is 2. The molecule has 0 spiro atoms. The number of benzene rings is 1. The summed E-state index contributed by atoms with van der Waals surface area (Å²) in [6, 6.07) is 10.8. The third-order valence-electron chi connectivity index (χ3n) is 5.29. The predicted octanol–water partition coefficient (Wildman–Crippen LogP) is 3.13. The van der Waals surface area contributed by atoms with Crippen LogP contribution in [0.1, 0.15) is 61.7 Å². The van der Waals surface area contributed by atoms with Crippen molar-refractivity contribution in [3.05, 3.63) is 47.6 Å². The zero-order chi connectivity index (χ0) is 14.3. The van der Waals surface area contributed by atoms with Crippen LogP contribution in [0.25, 0.3) is 0 Å². The molecule has 2 atom stereocenters. The fraction of sp³-hybridized carbons (Fsp3) is 0.529. The van der Waals surface area contributed by atoms with E-state index in [1.54, 1.807) is 0 Å². The summed E-state index contributed by atoms with van der Waals surface area (Å²) in [4.78, 5) is 4.76. The minimum atomic E-state index is -0.0360. The number of rotatable bonds is 3. The molecular weight excluding hydrogens is 262 g/mol. The van der Waals surface area contributed by atoms with Gasteiger partial charge in [-0.05, 0) is 31.2 Å². The van der Waals surface area contributed by atoms with Gasteiger partial charge < -0.3 is 10.3 Å². The Morgan fingerprint density at radius 3 is 2.52 bits per heavy atom. The van der Waals surface area contributed by atoms with Crippen molar-refractivity contribution in [2.45, 2.75) is 55.9 Å². The number of hydrogen-bond donors (Lipinski definition) is 1. The first-order valence-corrected chi connectivity index (χ1v) is 7.95. The van der Waals surface area contributed by atoms with Gasteiger partial charge in [0.1, 0.15) is 0 Å². The van der Waals surface area contributed by atoms with Gasteiger partial charge in [-0.3, -0.25) is 0 Å². The molecule has 4 heteroatoms. The fourth-order valence-corrected chi connectivity index (χ4v) is 3.80. The Kier molecular flexibility index (Phi) is 3.07. The number of nitrogens with two attached hydrogens (primary N) is 1. The Bertz CT molecular complexity index is 618. The first kappa shape index (κ1) is 13.0. The smallest absolute Gasteiger partial charge is 0.231 e. The van der Waals surface area contributed by atoms with Crippen LogP contribution in [0.15, 0.2) is 34.9 Å². The highest BCUT2D eigenvalue weighted by molar-refractivity contribution is 5.35. The molecule has 2 unspecified atom stereocenters. The van der Waals surface area contributed by atoms with Gasteiger partial charge in [-0.15, -0.1) is 0 Å². The van der Waals surface area contributed by atoms with E-state index in [2.05, 4.69) is 35.5 Å². The van der Waals surface area contributed by atoms with Crippen molar-refractivity contribution in [3.8, 4) is 0 Å². The second-order valence-corrected chi connectivity index (χ2v) is 6.46. The fourth-order valence-electron chi connectivity index (χ4n) is 3.80. The molecule has 0 bridgehead atoms. The highest BCUT2D eigenvalue weighted by Crippen LogP contribution is 2.48. The molecule has 0 amide bonds. The first-order valence-electron chi connectivity index (χ1n) is 7.95. The molecule has 2 aliphatic rings. The normalized spacial score (nSPS) is 27.5. The second kappa shape index (κ2) is 4.95. The Labute approximate surface area is 124 Å². The van der Waals surface area contributed by atoms with Crippen molar-refractivity contribution in [1.29, 1.82) is 0 Å². The third kappa shape index (κ3) is 2.01. The van der Waals surface area contributed by atoms with Crippen LogP contribution in [0.3, 0.4) is 0 Å². The lowest BCUT2D eigenvalue weighted by molar-refractivity contribution is 0.269. The summed E-state index contributed by atoms with van der Waals surface area (Å²) in [5.74, 6) is 1.85. The van der Waals surface area contributed by atoms with Crippen LogP contribution in [-0.4, -0.2) is 16.2 Å². The standard InChI is InChI=1S/C17H21N3O/c18-14-9-4-8-13(14)15-19-16(20-21-15)17(10-5-11-17)12-6-2-1-3-7-12/h1-3,6-7,13-14H,4-5,8-11,18H2. The Balaban J connectivity index is 1.68. The lowest BCUT2D eigenvalue weighted by Gasteiger charge is -2.39. The maximum Gasteiger partial charge on any atom is 0.231 e. The molecular formula is C17H21N3O. The monoisotopic (exact) mass is 283 g/mol. The molecule has 1 heterocycles. The molecule has 4 rings (SSSR count). The summed E-state index contributed by atoms with van der Waals surface area (Å²) in [7, 11) is 0. The molecule has 110 valence electrons. The largest absolute Gasteiger partial charge is 0.339 e. The SMILES string of the molecule is NC1CCCC1c1nc(C2(c3ccccc3)CCC2)no1. The predicted molar refractivity (Wildman–Crippen MR) is 79.9 cm³/mol. The molecule has 0 saturated heterocycles. The number of hydrogen-bond acceptors (Lipinski definition) is 4. The van der Waals surface area contributed by atoms with Gasteiger partial charge in [0.2, 0.25) is 5.89 Å². The van der Waals surface area contributed by atoms with E-state index < -0.39 is 0 Å². The molecule has 1 aromatic carbocycles. The van der Waals surface area contributed by atoms with Crippen molar-refractivity contribution >= 4 is 0 Å². The van der Waals surface area contributed by atoms with Gasteiger partial charge in [-0.2, -0.15) is 4.98 Å². The van der Waals surface area contributed by atoms with E-state index in [1.165, 1.54) is 12.0 Å². The average molecular weight is 283 g/mol. The summed E-state index contributed by atoms with van der Waals surface area (Å²) in [5.41, 5.74) is 7.43. The van der Waals surface area contributed by atoms with Crippen LogP contribution in [0.4, 0.5) is 0 Å². The molecule has 21 heavy (non-hydrogen) atoms. The third-order valence-corrected chi connectivity index (χ3v) is 5.29. The van der Waals surface area contributed by atoms with Gasteiger partial charge in [0.05, 0.1) is 11.3 Å². The zero-order valence-electron chi connectivity index (χ0n) is 12.2. The minimum absolute atomic E-state index is 0.0360. The molecule has 2 aromatic rings. The quantitative estimate of drug-likeness (QED) is 0.940. The Hall–Kier alpha value is -1.68. The number of nitrogens with zero attached hydrogens (tertiary/aromatic N) is 2. The van der Waals surface area contributed by atoms with Crippen LogP contribution in [-0.2, 0) is 5.41 Å². The van der Waals surface area contributed by atoms with E-state index >= 15 is 0 Å². The van der Waals surface area contributed by atoms with Crippen LogP contribution in [0.5, 0.6) is 0 Å². The van der Waals surface area contributed by atoms with Gasteiger partial charge in [0.25, 0.3) is 0 Å². The van der Waals surface area contributed by atoms with E-state index in [1.807, 2.05) is 0 Å². The van der Waals surface area contributed by atoms with Crippen molar-refractivity contribution in [3.63, 3.8) is 0 Å². The molecule has 1 aromatic heterocycles. The molecule has 2 aliphatic carbocycles. The first-order chi connectivity index (χ1) is 10.3. The van der Waals surface area contributed by atoms with E-state index in [4.69, 9.17) is 15.2 Å². The summed E-state index contributed by atoms with van der Waals surface area (Å²) >= 11 is 0. The van der Waals surface area contributed by atoms with Gasteiger partial charge in [0, 0.05) is 6.04 Å². The van der Waals surface area contributed by atoms with E-state index in [-0.39, 0.29) is 17.4 Å². The summed E-state index contributed by atoms with van der Waals surface area (Å²) in [5, 5.41) is 4.32. The molecule has 4 nitrogen and oxygen atoms in total. The molecule has 2 saturated carbocycles. The van der Waals surface area contributed by atoms with Gasteiger partial charge in [-0.1, -0.05) is 48.3 Å². The minimum Gasteiger partial charge on any atom is -0.339 e. The summed E-state index contributed by atoms with van der Waals surface area (Å²) < 4.78 is 5.58. The Morgan fingerprint density at radius 1 is 1.10 bits per heavy atom. The van der Waals surface area contributed by atoms with Crippen molar-refractivity contribution in [2.24, 2.45) is 5.73 Å². The van der Waals surface area contributed by atoms with Crippen molar-refractivity contribution in [2.75, 3.05) is 0 Å². The van der Waals surface area contributed by atoms with Crippen LogP contribution in [0, 0.1) is 0 Å². The van der Waals surface area contributed by atoms with E-state index in [9.17, 15) is 0 Å². The van der Waals surface area contributed by atoms with Gasteiger partial charge in [0.15, 0.2) is 5.82 Å². The van der Waals surface area contributed by atoms with Crippen molar-refractivity contribution < 1.29 is 4.52 Å². The summed E-state index contributed by atoms with van der Waals surface area (Å²) in [6.45, 7) is 0. The van der Waals surface area contributed by atoms with Crippen LogP contribution in [0.2, 0.25) is 0 Å². The van der Waals surface area contributed by atoms with Gasteiger partial charge in [-0.25, -0.2) is 0 Å². The lowest BCUT2D eigenvalue weighted by Crippen LogP contribution is -2.36. The van der Waals surface area contributed by atoms with E-state index in [0.29, 0.717) is 0 Å². The summed E-state index contributed by atoms with van der Waals surface area (Å²) in [6.07, 6.45) is 6.72. The average Bonchev–Trinajstić information content (AvgIpc) is 3.08. The molecule has 2 N–H and O–H groups in total. The highest BCUT2D eigenvalue weighted by Gasteiger charge is 2.45. The van der Waals surface area contributed by atoms with Crippen LogP contribution < -0.4 is 5.73 Å². The van der Waals surface area contributed by atoms with Crippen LogP contribution >= 0.6 is 0 Å². The molecule has 0 radical (unpaired) electrons. The Morgan fingerprint density at radius 2 is 1.90 bits per heavy atom. The topological polar surface area (TPSA) is 64.9 Å². The molecule has 2 fully saturated rings. The maximum atomic E-state index is 6.16. The zero-order valence-corrected chi connectivity index (χ0v) is 12.2. The van der Waals surface area contributed by atoms with Crippen molar-refractivity contribution in [1.82, 2.24) is 10.1 Å². The maximum absolute atomic E-state index is 6.16.